The lowest BCUT2D eigenvalue weighted by atomic mass is 10.3. The van der Waals surface area contributed by atoms with Crippen LogP contribution >= 0.6 is 0 Å². The summed E-state index contributed by atoms with van der Waals surface area (Å²) in [5.41, 5.74) is 0.0187. The topological polar surface area (TPSA) is 121 Å². The number of nitrogens with zero attached hydrogens (tertiary/aromatic N) is 3. The van der Waals surface area contributed by atoms with Gasteiger partial charge in [-0.25, -0.2) is 9.78 Å². The zero-order valence-corrected chi connectivity index (χ0v) is 12.7. The lowest BCUT2D eigenvalue weighted by molar-refractivity contribution is -0.132. The van der Waals surface area contributed by atoms with Gasteiger partial charge in [0.15, 0.2) is 0 Å². The molecular weight excluding hydrogens is 302 g/mol. The van der Waals surface area contributed by atoms with Crippen molar-refractivity contribution in [2.45, 2.75) is 33.5 Å². The zero-order chi connectivity index (χ0) is 16.7. The second-order valence-corrected chi connectivity index (χ2v) is 5.53. The molecule has 0 aromatic carbocycles. The van der Waals surface area contributed by atoms with Crippen LogP contribution < -0.4 is 16.8 Å². The molecule has 1 aliphatic heterocycles. The normalized spacial score (nSPS) is 13.2. The number of hydrogen-bond donors (Lipinski definition) is 2. The molecule has 9 heteroatoms. The summed E-state index contributed by atoms with van der Waals surface area (Å²) < 4.78 is 1.14. The van der Waals surface area contributed by atoms with Gasteiger partial charge in [0.1, 0.15) is 12.4 Å². The summed E-state index contributed by atoms with van der Waals surface area (Å²) in [4.78, 5) is 57.7. The third-order valence-electron chi connectivity index (χ3n) is 3.76. The van der Waals surface area contributed by atoms with Crippen molar-refractivity contribution in [3.05, 3.63) is 60.0 Å². The summed E-state index contributed by atoms with van der Waals surface area (Å²) in [6, 6.07) is 0. The fraction of sp³-hybridized carbons (Fsp3) is 0.357. The zero-order valence-electron chi connectivity index (χ0n) is 12.7. The van der Waals surface area contributed by atoms with Crippen LogP contribution in [0.2, 0.25) is 0 Å². The monoisotopic (exact) mass is 317 g/mol. The van der Waals surface area contributed by atoms with Gasteiger partial charge in [0.05, 0.1) is 24.3 Å². The van der Waals surface area contributed by atoms with Gasteiger partial charge in [-0.3, -0.25) is 23.9 Å². The number of aromatic amines is 2. The van der Waals surface area contributed by atoms with E-state index < -0.39 is 11.2 Å². The quantitative estimate of drug-likeness (QED) is 0.719. The molecule has 0 saturated heterocycles. The van der Waals surface area contributed by atoms with Gasteiger partial charge in [-0.15, -0.1) is 0 Å². The highest BCUT2D eigenvalue weighted by Crippen LogP contribution is 2.17. The van der Waals surface area contributed by atoms with Crippen molar-refractivity contribution in [1.29, 1.82) is 0 Å². The molecule has 9 nitrogen and oxygen atoms in total. The number of nitrogens with one attached hydrogen (secondary N) is 2. The molecule has 2 aromatic rings. The molecular formula is C14H15N5O4. The van der Waals surface area contributed by atoms with Crippen LogP contribution in [0.25, 0.3) is 0 Å². The molecule has 0 aliphatic carbocycles. The molecule has 0 fully saturated rings. The third-order valence-corrected chi connectivity index (χ3v) is 3.76. The van der Waals surface area contributed by atoms with E-state index in [2.05, 4.69) is 15.0 Å². The van der Waals surface area contributed by atoms with E-state index in [9.17, 15) is 19.2 Å². The second-order valence-electron chi connectivity index (χ2n) is 5.53. The number of H-pyrrole nitrogens is 2. The molecule has 120 valence electrons. The first-order chi connectivity index (χ1) is 10.8. The Labute approximate surface area is 129 Å². The summed E-state index contributed by atoms with van der Waals surface area (Å²) in [5, 5.41) is 0. The Balaban J connectivity index is 1.83. The first kappa shape index (κ1) is 14.9. The third kappa shape index (κ3) is 2.72. The van der Waals surface area contributed by atoms with Crippen molar-refractivity contribution in [1.82, 2.24) is 24.4 Å². The molecule has 3 rings (SSSR count). The van der Waals surface area contributed by atoms with Crippen LogP contribution in [0, 0.1) is 13.8 Å². The smallest absolute Gasteiger partial charge is 0.328 e. The first-order valence-corrected chi connectivity index (χ1v) is 7.02. The summed E-state index contributed by atoms with van der Waals surface area (Å²) in [6.07, 6.45) is 1.34. The van der Waals surface area contributed by atoms with Gasteiger partial charge in [0.2, 0.25) is 5.91 Å². The van der Waals surface area contributed by atoms with Crippen LogP contribution in [0.5, 0.6) is 0 Å². The average molecular weight is 317 g/mol. The lowest BCUT2D eigenvalue weighted by Crippen LogP contribution is -2.37. The molecule has 0 bridgehead atoms. The molecule has 3 heterocycles. The summed E-state index contributed by atoms with van der Waals surface area (Å²) >= 11 is 0. The molecule has 1 aliphatic rings. The van der Waals surface area contributed by atoms with Crippen LogP contribution in [0.3, 0.4) is 0 Å². The molecule has 0 unspecified atom stereocenters. The number of carbonyl (C=O) groups is 1. The van der Waals surface area contributed by atoms with Gasteiger partial charge >= 0.3 is 5.69 Å². The average Bonchev–Trinajstić information content (AvgIpc) is 2.89. The van der Waals surface area contributed by atoms with Gasteiger partial charge in [0.25, 0.3) is 11.1 Å². The van der Waals surface area contributed by atoms with Crippen LogP contribution in [0.1, 0.15) is 22.6 Å². The van der Waals surface area contributed by atoms with E-state index in [-0.39, 0.29) is 31.1 Å². The predicted molar refractivity (Wildman–Crippen MR) is 79.9 cm³/mol. The Morgan fingerprint density at radius 3 is 2.65 bits per heavy atom. The van der Waals surface area contributed by atoms with Crippen molar-refractivity contribution >= 4 is 5.91 Å². The van der Waals surface area contributed by atoms with E-state index in [0.29, 0.717) is 22.6 Å². The Kier molecular flexibility index (Phi) is 3.47. The molecule has 0 saturated carbocycles. The fourth-order valence-corrected chi connectivity index (χ4v) is 2.55. The van der Waals surface area contributed by atoms with Crippen molar-refractivity contribution in [3.63, 3.8) is 0 Å². The molecule has 0 spiro atoms. The van der Waals surface area contributed by atoms with E-state index in [4.69, 9.17) is 0 Å². The fourth-order valence-electron chi connectivity index (χ4n) is 2.55. The van der Waals surface area contributed by atoms with Gasteiger partial charge < -0.3 is 9.88 Å². The van der Waals surface area contributed by atoms with Crippen LogP contribution in [0.4, 0.5) is 0 Å². The molecule has 2 N–H and O–H groups in total. The van der Waals surface area contributed by atoms with Crippen LogP contribution in [-0.2, 0) is 24.4 Å². The predicted octanol–water partition coefficient (Wildman–Crippen LogP) is -1.22. The number of amides is 1. The first-order valence-electron chi connectivity index (χ1n) is 7.02. The minimum absolute atomic E-state index is 0.161. The maximum atomic E-state index is 12.4. The highest BCUT2D eigenvalue weighted by molar-refractivity contribution is 5.76. The van der Waals surface area contributed by atoms with Crippen molar-refractivity contribution < 1.29 is 4.79 Å². The van der Waals surface area contributed by atoms with Gasteiger partial charge in [-0.05, 0) is 13.8 Å². The van der Waals surface area contributed by atoms with E-state index >= 15 is 0 Å². The van der Waals surface area contributed by atoms with E-state index in [1.54, 1.807) is 13.8 Å². The minimum atomic E-state index is -0.641. The summed E-state index contributed by atoms with van der Waals surface area (Å²) in [5.74, 6) is 0.170. The number of rotatable bonds is 2. The number of aryl methyl sites for hydroxylation is 2. The number of carbonyl (C=O) groups excluding carboxylic acids is 1. The Morgan fingerprint density at radius 1 is 1.17 bits per heavy atom. The Bertz CT molecular complexity index is 968. The summed E-state index contributed by atoms with van der Waals surface area (Å²) in [6.45, 7) is 3.41. The van der Waals surface area contributed by atoms with Crippen molar-refractivity contribution in [3.8, 4) is 0 Å². The highest BCUT2D eigenvalue weighted by Gasteiger charge is 2.27. The maximum Gasteiger partial charge on any atom is 0.328 e. The second kappa shape index (κ2) is 5.34. The molecule has 23 heavy (non-hydrogen) atoms. The number of fused-ring (bicyclic) bond motifs is 1. The van der Waals surface area contributed by atoms with Gasteiger partial charge in [0, 0.05) is 11.8 Å². The molecule has 0 atom stereocenters. The van der Waals surface area contributed by atoms with Gasteiger partial charge in [-0.1, -0.05) is 0 Å². The highest BCUT2D eigenvalue weighted by atomic mass is 16.2. The lowest BCUT2D eigenvalue weighted by Gasteiger charge is -2.15. The van der Waals surface area contributed by atoms with E-state index in [1.807, 2.05) is 0 Å². The Morgan fingerprint density at radius 2 is 1.91 bits per heavy atom. The van der Waals surface area contributed by atoms with Crippen LogP contribution in [-0.4, -0.2) is 30.3 Å². The Hall–Kier alpha value is -2.97. The van der Waals surface area contributed by atoms with Crippen molar-refractivity contribution in [2.75, 3.05) is 0 Å². The minimum Gasteiger partial charge on any atom is -0.331 e. The SMILES string of the molecule is Cc1nc2c(c(=O)[nH]1)CN(C(=O)Cn1cc(C)c(=O)[nH]c1=O)C2. The van der Waals surface area contributed by atoms with Gasteiger partial charge in [-0.2, -0.15) is 0 Å². The molecule has 0 radical (unpaired) electrons. The standard InChI is InChI=1S/C14H15N5O4/c1-7-3-19(14(23)17-12(7)21)6-11(20)18-4-9-10(5-18)15-8(2)16-13(9)22/h3H,4-6H2,1-2H3,(H,15,16,22)(H,17,21,23). The maximum absolute atomic E-state index is 12.4. The van der Waals surface area contributed by atoms with Crippen molar-refractivity contribution in [2.24, 2.45) is 0 Å². The van der Waals surface area contributed by atoms with E-state index in [1.165, 1.54) is 11.1 Å². The summed E-state index contributed by atoms with van der Waals surface area (Å²) in [7, 11) is 0. The number of aromatic nitrogens is 4. The van der Waals surface area contributed by atoms with E-state index in [0.717, 1.165) is 4.57 Å². The molecule has 2 aromatic heterocycles. The largest absolute Gasteiger partial charge is 0.331 e. The number of hydrogen-bond acceptors (Lipinski definition) is 5. The van der Waals surface area contributed by atoms with Crippen LogP contribution in [0.15, 0.2) is 20.6 Å². The molecule has 1 amide bonds.